The van der Waals surface area contributed by atoms with E-state index in [0.717, 1.165) is 31.9 Å². The van der Waals surface area contributed by atoms with E-state index in [1.807, 2.05) is 11.6 Å². The molecular formula is C8H14N4O. The third-order valence-electron chi connectivity index (χ3n) is 2.22. The zero-order chi connectivity index (χ0) is 9.10. The van der Waals surface area contributed by atoms with Gasteiger partial charge in [0.1, 0.15) is 12.2 Å². The van der Waals surface area contributed by atoms with Crippen molar-refractivity contribution in [3.63, 3.8) is 0 Å². The topological polar surface area (TPSA) is 52.0 Å². The third kappa shape index (κ3) is 2.05. The Kier molecular flexibility index (Phi) is 2.56. The maximum absolute atomic E-state index is 5.56. The molecule has 2 heterocycles. The predicted molar refractivity (Wildman–Crippen MR) is 47.3 cm³/mol. The first-order chi connectivity index (χ1) is 6.36. The standard InChI is InChI=1S/C8H14N4O/c1-12-6-10-11-8(12)4-7-5-9-2-3-13-7/h6-7,9H,2-5H2,1H3. The molecule has 5 heteroatoms. The summed E-state index contributed by atoms with van der Waals surface area (Å²) in [5, 5.41) is 11.1. The van der Waals surface area contributed by atoms with Gasteiger partial charge in [-0.2, -0.15) is 0 Å². The van der Waals surface area contributed by atoms with E-state index in [0.29, 0.717) is 0 Å². The number of rotatable bonds is 2. The molecule has 0 spiro atoms. The summed E-state index contributed by atoms with van der Waals surface area (Å²) in [5.41, 5.74) is 0. The van der Waals surface area contributed by atoms with Crippen molar-refractivity contribution >= 4 is 0 Å². The Balaban J connectivity index is 1.93. The molecule has 1 unspecified atom stereocenters. The van der Waals surface area contributed by atoms with E-state index in [1.54, 1.807) is 6.33 Å². The lowest BCUT2D eigenvalue weighted by Crippen LogP contribution is -2.40. The van der Waals surface area contributed by atoms with Crippen LogP contribution in [0.4, 0.5) is 0 Å². The molecule has 1 fully saturated rings. The number of aromatic nitrogens is 3. The number of aryl methyl sites for hydroxylation is 1. The van der Waals surface area contributed by atoms with Crippen molar-refractivity contribution in [3.8, 4) is 0 Å². The molecule has 72 valence electrons. The normalized spacial score (nSPS) is 23.3. The van der Waals surface area contributed by atoms with Crippen molar-refractivity contribution < 1.29 is 4.74 Å². The highest BCUT2D eigenvalue weighted by Gasteiger charge is 2.15. The molecule has 2 rings (SSSR count). The highest BCUT2D eigenvalue weighted by molar-refractivity contribution is 4.88. The van der Waals surface area contributed by atoms with Gasteiger partial charge >= 0.3 is 0 Å². The minimum absolute atomic E-state index is 0.247. The van der Waals surface area contributed by atoms with E-state index in [-0.39, 0.29) is 6.10 Å². The van der Waals surface area contributed by atoms with Crippen LogP contribution in [0.5, 0.6) is 0 Å². The minimum atomic E-state index is 0.247. The van der Waals surface area contributed by atoms with Crippen LogP contribution in [0.3, 0.4) is 0 Å². The summed E-state index contributed by atoms with van der Waals surface area (Å²) in [4.78, 5) is 0. The SMILES string of the molecule is Cn1cnnc1CC1CNCCO1. The lowest BCUT2D eigenvalue weighted by atomic mass is 10.2. The second-order valence-corrected chi connectivity index (χ2v) is 3.26. The molecule has 0 amide bonds. The maximum Gasteiger partial charge on any atom is 0.135 e. The van der Waals surface area contributed by atoms with Crippen molar-refractivity contribution in [2.24, 2.45) is 7.05 Å². The third-order valence-corrected chi connectivity index (χ3v) is 2.22. The van der Waals surface area contributed by atoms with Crippen LogP contribution < -0.4 is 5.32 Å². The number of hydrogen-bond acceptors (Lipinski definition) is 4. The van der Waals surface area contributed by atoms with Crippen molar-refractivity contribution in [1.82, 2.24) is 20.1 Å². The van der Waals surface area contributed by atoms with E-state index in [1.165, 1.54) is 0 Å². The maximum atomic E-state index is 5.56. The second-order valence-electron chi connectivity index (χ2n) is 3.26. The first kappa shape index (κ1) is 8.65. The average molecular weight is 182 g/mol. The summed E-state index contributed by atoms with van der Waals surface area (Å²) in [6, 6.07) is 0. The van der Waals surface area contributed by atoms with Gasteiger partial charge in [-0.3, -0.25) is 0 Å². The Morgan fingerprint density at radius 1 is 1.77 bits per heavy atom. The van der Waals surface area contributed by atoms with Gasteiger partial charge in [0.15, 0.2) is 0 Å². The largest absolute Gasteiger partial charge is 0.375 e. The Labute approximate surface area is 77.1 Å². The molecule has 1 atom stereocenters. The van der Waals surface area contributed by atoms with Crippen LogP contribution in [-0.2, 0) is 18.2 Å². The molecule has 1 aromatic heterocycles. The van der Waals surface area contributed by atoms with E-state index in [2.05, 4.69) is 15.5 Å². The van der Waals surface area contributed by atoms with Crippen LogP contribution in [0.15, 0.2) is 6.33 Å². The van der Waals surface area contributed by atoms with E-state index in [4.69, 9.17) is 4.74 Å². The summed E-state index contributed by atoms with van der Waals surface area (Å²) < 4.78 is 7.49. The summed E-state index contributed by atoms with van der Waals surface area (Å²) in [5.74, 6) is 0.980. The van der Waals surface area contributed by atoms with E-state index in [9.17, 15) is 0 Å². The minimum Gasteiger partial charge on any atom is -0.375 e. The molecule has 0 radical (unpaired) electrons. The number of hydrogen-bond donors (Lipinski definition) is 1. The highest BCUT2D eigenvalue weighted by Crippen LogP contribution is 2.03. The monoisotopic (exact) mass is 182 g/mol. The summed E-state index contributed by atoms with van der Waals surface area (Å²) in [6.07, 6.45) is 2.80. The van der Waals surface area contributed by atoms with Crippen LogP contribution in [0.1, 0.15) is 5.82 Å². The molecule has 0 aliphatic carbocycles. The Morgan fingerprint density at radius 3 is 3.31 bits per heavy atom. The number of nitrogens with one attached hydrogen (secondary N) is 1. The lowest BCUT2D eigenvalue weighted by molar-refractivity contribution is 0.0276. The molecule has 0 aromatic carbocycles. The Morgan fingerprint density at radius 2 is 2.69 bits per heavy atom. The van der Waals surface area contributed by atoms with Gasteiger partial charge in [0, 0.05) is 26.6 Å². The van der Waals surface area contributed by atoms with Gasteiger partial charge in [-0.05, 0) is 0 Å². The first-order valence-electron chi connectivity index (χ1n) is 4.51. The molecule has 0 bridgehead atoms. The van der Waals surface area contributed by atoms with Crippen molar-refractivity contribution in [3.05, 3.63) is 12.2 Å². The van der Waals surface area contributed by atoms with E-state index < -0.39 is 0 Å². The number of morpholine rings is 1. The summed E-state index contributed by atoms with van der Waals surface area (Å²) in [6.45, 7) is 2.66. The molecule has 1 saturated heterocycles. The quantitative estimate of drug-likeness (QED) is 0.660. The number of ether oxygens (including phenoxy) is 1. The van der Waals surface area contributed by atoms with Gasteiger partial charge in [0.2, 0.25) is 0 Å². The Bertz CT molecular complexity index is 267. The second kappa shape index (κ2) is 3.85. The molecule has 0 saturated carbocycles. The first-order valence-corrected chi connectivity index (χ1v) is 4.51. The van der Waals surface area contributed by atoms with Gasteiger partial charge in [-0.25, -0.2) is 0 Å². The van der Waals surface area contributed by atoms with Crippen LogP contribution >= 0.6 is 0 Å². The van der Waals surface area contributed by atoms with Gasteiger partial charge < -0.3 is 14.6 Å². The molecule has 1 aliphatic heterocycles. The van der Waals surface area contributed by atoms with Crippen LogP contribution in [0.2, 0.25) is 0 Å². The molecule has 1 N–H and O–H groups in total. The molecule has 13 heavy (non-hydrogen) atoms. The summed E-state index contributed by atoms with van der Waals surface area (Å²) in [7, 11) is 1.95. The molecule has 1 aliphatic rings. The van der Waals surface area contributed by atoms with Crippen molar-refractivity contribution in [2.75, 3.05) is 19.7 Å². The van der Waals surface area contributed by atoms with Gasteiger partial charge in [0.25, 0.3) is 0 Å². The van der Waals surface area contributed by atoms with Crippen molar-refractivity contribution in [2.45, 2.75) is 12.5 Å². The van der Waals surface area contributed by atoms with Crippen molar-refractivity contribution in [1.29, 1.82) is 0 Å². The Hall–Kier alpha value is -0.940. The zero-order valence-electron chi connectivity index (χ0n) is 7.73. The zero-order valence-corrected chi connectivity index (χ0v) is 7.73. The molecular weight excluding hydrogens is 168 g/mol. The van der Waals surface area contributed by atoms with Crippen LogP contribution in [0.25, 0.3) is 0 Å². The average Bonchev–Trinajstić information content (AvgIpc) is 2.54. The summed E-state index contributed by atoms with van der Waals surface area (Å²) >= 11 is 0. The van der Waals surface area contributed by atoms with Crippen LogP contribution in [-0.4, -0.2) is 40.6 Å². The smallest absolute Gasteiger partial charge is 0.135 e. The lowest BCUT2D eigenvalue weighted by Gasteiger charge is -2.22. The van der Waals surface area contributed by atoms with Gasteiger partial charge in [-0.15, -0.1) is 10.2 Å². The van der Waals surface area contributed by atoms with Gasteiger partial charge in [0.05, 0.1) is 12.7 Å². The van der Waals surface area contributed by atoms with Crippen LogP contribution in [0, 0.1) is 0 Å². The van der Waals surface area contributed by atoms with Gasteiger partial charge in [-0.1, -0.05) is 0 Å². The molecule has 5 nitrogen and oxygen atoms in total. The fraction of sp³-hybridized carbons (Fsp3) is 0.750. The van der Waals surface area contributed by atoms with E-state index >= 15 is 0 Å². The highest BCUT2D eigenvalue weighted by atomic mass is 16.5. The number of nitrogens with zero attached hydrogens (tertiary/aromatic N) is 3. The molecule has 1 aromatic rings. The predicted octanol–water partition coefficient (Wildman–Crippen LogP) is -0.654. The fourth-order valence-electron chi connectivity index (χ4n) is 1.45. The fourth-order valence-corrected chi connectivity index (χ4v) is 1.45.